The quantitative estimate of drug-likeness (QED) is 0.280. The van der Waals surface area contributed by atoms with Crippen LogP contribution in [0.15, 0.2) is 35.9 Å². The van der Waals surface area contributed by atoms with Crippen LogP contribution in [-0.4, -0.2) is 23.1 Å². The summed E-state index contributed by atoms with van der Waals surface area (Å²) in [7, 11) is 0. The number of halogens is 6. The molecule has 0 aliphatic heterocycles. The fourth-order valence-electron chi connectivity index (χ4n) is 1.37. The maximum atomic E-state index is 12.3. The van der Waals surface area contributed by atoms with E-state index in [1.165, 1.54) is 0 Å². The Kier molecular flexibility index (Phi) is 4.40. The van der Waals surface area contributed by atoms with Crippen molar-refractivity contribution in [3.05, 3.63) is 51.6 Å². The summed E-state index contributed by atoms with van der Waals surface area (Å²) in [5.41, 5.74) is -4.78. The first-order chi connectivity index (χ1) is 9.44. The van der Waals surface area contributed by atoms with E-state index in [0.717, 1.165) is 24.3 Å². The van der Waals surface area contributed by atoms with Crippen molar-refractivity contribution < 1.29 is 36.1 Å². The number of allylic oxidation sites excluding steroid dienone is 2. The molecule has 1 rings (SSSR count). The van der Waals surface area contributed by atoms with Crippen LogP contribution < -0.4 is 0 Å². The number of carbonyl (C=O) groups is 1. The number of ketones is 1. The zero-order valence-corrected chi connectivity index (χ0v) is 9.83. The van der Waals surface area contributed by atoms with Gasteiger partial charge in [0.15, 0.2) is 5.78 Å². The number of para-hydroxylation sites is 1. The highest BCUT2D eigenvalue weighted by atomic mass is 19.4. The van der Waals surface area contributed by atoms with Crippen LogP contribution in [-0.2, 0) is 0 Å². The zero-order valence-electron chi connectivity index (χ0n) is 9.83. The molecule has 4 nitrogen and oxygen atoms in total. The molecule has 0 saturated carbocycles. The molecule has 0 unspecified atom stereocenters. The van der Waals surface area contributed by atoms with Gasteiger partial charge in [-0.2, -0.15) is 26.3 Å². The number of rotatable bonds is 3. The molecule has 114 valence electrons. The average Bonchev–Trinajstić information content (AvgIpc) is 2.32. The topological polar surface area (TPSA) is 60.2 Å². The summed E-state index contributed by atoms with van der Waals surface area (Å²) in [4.78, 5) is 21.0. The van der Waals surface area contributed by atoms with Crippen LogP contribution in [0.2, 0.25) is 0 Å². The van der Waals surface area contributed by atoms with Crippen molar-refractivity contribution in [2.75, 3.05) is 0 Å². The predicted octanol–water partition coefficient (Wildman–Crippen LogP) is 3.83. The molecule has 0 aliphatic rings. The summed E-state index contributed by atoms with van der Waals surface area (Å²) in [6, 6.07) is 3.76. The highest BCUT2D eigenvalue weighted by molar-refractivity contribution is 6.07. The van der Waals surface area contributed by atoms with Gasteiger partial charge < -0.3 is 0 Å². The first kappa shape index (κ1) is 16.7. The summed E-state index contributed by atoms with van der Waals surface area (Å²) in [6.07, 6.45) is -12.3. The average molecular weight is 313 g/mol. The van der Waals surface area contributed by atoms with Crippen LogP contribution in [0, 0.1) is 10.1 Å². The van der Waals surface area contributed by atoms with Crippen LogP contribution in [0.4, 0.5) is 32.0 Å². The second-order valence-electron chi connectivity index (χ2n) is 3.69. The van der Waals surface area contributed by atoms with E-state index >= 15 is 0 Å². The standard InChI is InChI=1S/C11H5F6NO3/c12-10(13,14)9(11(15,16)17)5-8(19)6-3-1-2-4-7(6)18(20)21/h1-5H. The van der Waals surface area contributed by atoms with Crippen molar-refractivity contribution >= 4 is 11.5 Å². The number of hydrogen-bond donors (Lipinski definition) is 0. The smallest absolute Gasteiger partial charge is 0.289 e. The van der Waals surface area contributed by atoms with E-state index in [9.17, 15) is 41.3 Å². The molecule has 10 heteroatoms. The van der Waals surface area contributed by atoms with Gasteiger partial charge in [0, 0.05) is 12.1 Å². The fraction of sp³-hybridized carbons (Fsp3) is 0.182. The van der Waals surface area contributed by atoms with Crippen molar-refractivity contribution in [2.45, 2.75) is 12.4 Å². The number of nitrogens with zero attached hydrogens (tertiary/aromatic N) is 1. The number of alkyl halides is 6. The number of carbonyl (C=O) groups excluding carboxylic acids is 1. The molecule has 0 aromatic heterocycles. The lowest BCUT2D eigenvalue weighted by molar-refractivity contribution is -0.385. The minimum Gasteiger partial charge on any atom is -0.289 e. The Hall–Kier alpha value is -2.39. The molecule has 0 saturated heterocycles. The van der Waals surface area contributed by atoms with Gasteiger partial charge >= 0.3 is 12.4 Å². The lowest BCUT2D eigenvalue weighted by Gasteiger charge is -2.14. The van der Waals surface area contributed by atoms with Crippen molar-refractivity contribution in [1.82, 2.24) is 0 Å². The number of nitro groups is 1. The second-order valence-corrected chi connectivity index (χ2v) is 3.69. The van der Waals surface area contributed by atoms with Crippen molar-refractivity contribution in [2.24, 2.45) is 0 Å². The third-order valence-corrected chi connectivity index (χ3v) is 2.25. The van der Waals surface area contributed by atoms with E-state index in [2.05, 4.69) is 0 Å². The SMILES string of the molecule is O=C(C=C(C(F)(F)F)C(F)(F)F)c1ccccc1[N+](=O)[O-]. The Morgan fingerprint density at radius 3 is 1.95 bits per heavy atom. The molecule has 0 bridgehead atoms. The Morgan fingerprint density at radius 2 is 1.52 bits per heavy atom. The molecule has 0 heterocycles. The van der Waals surface area contributed by atoms with Crippen LogP contribution in [0.3, 0.4) is 0 Å². The highest BCUT2D eigenvalue weighted by Gasteiger charge is 2.51. The van der Waals surface area contributed by atoms with Crippen molar-refractivity contribution in [1.29, 1.82) is 0 Å². The van der Waals surface area contributed by atoms with Gasteiger partial charge in [-0.15, -0.1) is 0 Å². The van der Waals surface area contributed by atoms with Crippen LogP contribution in [0.5, 0.6) is 0 Å². The van der Waals surface area contributed by atoms with Gasteiger partial charge in [0.2, 0.25) is 0 Å². The largest absolute Gasteiger partial charge is 0.421 e. The molecule has 0 spiro atoms. The molecule has 0 aliphatic carbocycles. The van der Waals surface area contributed by atoms with Crippen molar-refractivity contribution in [3.63, 3.8) is 0 Å². The zero-order chi connectivity index (χ0) is 16.4. The second kappa shape index (κ2) is 5.54. The maximum Gasteiger partial charge on any atom is 0.421 e. The first-order valence-electron chi connectivity index (χ1n) is 5.08. The van der Waals surface area contributed by atoms with E-state index in [0.29, 0.717) is 0 Å². The maximum absolute atomic E-state index is 12.3. The van der Waals surface area contributed by atoms with Crippen LogP contribution in [0.1, 0.15) is 10.4 Å². The lowest BCUT2D eigenvalue weighted by Crippen LogP contribution is -2.27. The van der Waals surface area contributed by atoms with Gasteiger partial charge in [0.05, 0.1) is 10.5 Å². The molecular formula is C11H5F6NO3. The van der Waals surface area contributed by atoms with E-state index in [-0.39, 0.29) is 0 Å². The van der Waals surface area contributed by atoms with E-state index in [1.807, 2.05) is 0 Å². The van der Waals surface area contributed by atoms with Gasteiger partial charge in [0.1, 0.15) is 5.57 Å². The molecule has 0 atom stereocenters. The Morgan fingerprint density at radius 1 is 1.05 bits per heavy atom. The molecule has 0 amide bonds. The molecule has 0 radical (unpaired) electrons. The summed E-state index contributed by atoms with van der Waals surface area (Å²) in [6.45, 7) is 0. The molecule has 1 aromatic carbocycles. The van der Waals surface area contributed by atoms with Crippen LogP contribution in [0.25, 0.3) is 0 Å². The minimum atomic E-state index is -5.81. The molecule has 1 aromatic rings. The number of hydrogen-bond acceptors (Lipinski definition) is 3. The normalized spacial score (nSPS) is 11.9. The molecule has 0 N–H and O–H groups in total. The summed E-state index contributed by atoms with van der Waals surface area (Å²) in [5.74, 6) is -1.76. The Bertz CT molecular complexity index is 587. The molecular weight excluding hydrogens is 308 g/mol. The number of benzene rings is 1. The van der Waals surface area contributed by atoms with E-state index < -0.39 is 46.0 Å². The first-order valence-corrected chi connectivity index (χ1v) is 5.08. The lowest BCUT2D eigenvalue weighted by atomic mass is 10.1. The fourth-order valence-corrected chi connectivity index (χ4v) is 1.37. The van der Waals surface area contributed by atoms with Crippen molar-refractivity contribution in [3.8, 4) is 0 Å². The van der Waals surface area contributed by atoms with Gasteiger partial charge in [-0.3, -0.25) is 14.9 Å². The molecule has 21 heavy (non-hydrogen) atoms. The Balaban J connectivity index is 3.37. The van der Waals surface area contributed by atoms with Gasteiger partial charge in [-0.05, 0) is 6.07 Å². The van der Waals surface area contributed by atoms with Gasteiger partial charge in [0.25, 0.3) is 5.69 Å². The van der Waals surface area contributed by atoms with Crippen LogP contribution >= 0.6 is 0 Å². The highest BCUT2D eigenvalue weighted by Crippen LogP contribution is 2.39. The minimum absolute atomic E-state index is 0.692. The predicted molar refractivity (Wildman–Crippen MR) is 57.6 cm³/mol. The molecule has 0 fully saturated rings. The summed E-state index contributed by atoms with van der Waals surface area (Å²) in [5, 5.41) is 10.6. The number of nitro benzene ring substituents is 1. The van der Waals surface area contributed by atoms with Gasteiger partial charge in [-0.1, -0.05) is 12.1 Å². The van der Waals surface area contributed by atoms with Gasteiger partial charge in [-0.25, -0.2) is 0 Å². The third kappa shape index (κ3) is 4.04. The third-order valence-electron chi connectivity index (χ3n) is 2.25. The van der Waals surface area contributed by atoms with E-state index in [4.69, 9.17) is 0 Å². The Labute approximate surface area is 112 Å². The summed E-state index contributed by atoms with van der Waals surface area (Å²) >= 11 is 0. The summed E-state index contributed by atoms with van der Waals surface area (Å²) < 4.78 is 73.7. The van der Waals surface area contributed by atoms with E-state index in [1.54, 1.807) is 0 Å². The monoisotopic (exact) mass is 313 g/mol.